The summed E-state index contributed by atoms with van der Waals surface area (Å²) in [6, 6.07) is 6.68. The van der Waals surface area contributed by atoms with Crippen molar-refractivity contribution in [3.05, 3.63) is 30.0 Å². The lowest BCUT2D eigenvalue weighted by Gasteiger charge is -2.42. The van der Waals surface area contributed by atoms with Gasteiger partial charge in [-0.05, 0) is 88.6 Å². The molecule has 2 aliphatic heterocycles. The summed E-state index contributed by atoms with van der Waals surface area (Å²) in [5, 5.41) is 4.11. The van der Waals surface area contributed by atoms with Gasteiger partial charge in [0.15, 0.2) is 0 Å². The molecule has 168 valence electrons. The van der Waals surface area contributed by atoms with Gasteiger partial charge in [0.05, 0.1) is 6.26 Å². The third kappa shape index (κ3) is 4.92. The maximum atomic E-state index is 12.5. The van der Waals surface area contributed by atoms with Crippen molar-refractivity contribution in [2.75, 3.05) is 18.4 Å². The Morgan fingerprint density at radius 2 is 1.77 bits per heavy atom. The van der Waals surface area contributed by atoms with Crippen LogP contribution in [0, 0.1) is 0 Å². The van der Waals surface area contributed by atoms with E-state index in [0.29, 0.717) is 5.92 Å². The summed E-state index contributed by atoms with van der Waals surface area (Å²) in [6.45, 7) is 2.45. The molecule has 31 heavy (non-hydrogen) atoms. The zero-order valence-electron chi connectivity index (χ0n) is 18.6. The Kier molecular flexibility index (Phi) is 6.49. The first-order chi connectivity index (χ1) is 15.3. The quantitative estimate of drug-likeness (QED) is 0.587. The van der Waals surface area contributed by atoms with Crippen molar-refractivity contribution in [3.63, 3.8) is 0 Å². The van der Waals surface area contributed by atoms with E-state index in [4.69, 9.17) is 9.15 Å². The summed E-state index contributed by atoms with van der Waals surface area (Å²) in [5.74, 6) is 0.540. The summed E-state index contributed by atoms with van der Waals surface area (Å²) in [5.41, 5.74) is 3.00. The first-order valence-corrected chi connectivity index (χ1v) is 12.5. The number of nitrogens with zero attached hydrogens (tertiary/aromatic N) is 1. The van der Waals surface area contributed by atoms with Crippen LogP contribution in [-0.4, -0.2) is 36.2 Å². The number of hydrogen-bond acceptors (Lipinski definition) is 4. The number of furan rings is 1. The summed E-state index contributed by atoms with van der Waals surface area (Å²) in [4.78, 5) is 15.2. The van der Waals surface area contributed by atoms with Gasteiger partial charge in [0, 0.05) is 22.7 Å². The fourth-order valence-electron chi connectivity index (χ4n) is 5.95. The Morgan fingerprint density at radius 1 is 0.968 bits per heavy atom. The second-order valence-electron chi connectivity index (χ2n) is 9.81. The van der Waals surface area contributed by atoms with Gasteiger partial charge >= 0.3 is 6.09 Å². The minimum absolute atomic E-state index is 0.0502. The highest BCUT2D eigenvalue weighted by Crippen LogP contribution is 2.39. The zero-order chi connectivity index (χ0) is 21.0. The average Bonchev–Trinajstić information content (AvgIpc) is 3.18. The van der Waals surface area contributed by atoms with Crippen molar-refractivity contribution in [2.24, 2.45) is 0 Å². The lowest BCUT2D eigenvalue weighted by atomic mass is 9.82. The van der Waals surface area contributed by atoms with Crippen LogP contribution in [0.2, 0.25) is 0 Å². The Bertz CT molecular complexity index is 884. The van der Waals surface area contributed by atoms with Gasteiger partial charge < -0.3 is 14.1 Å². The van der Waals surface area contributed by atoms with Crippen LogP contribution in [0.4, 0.5) is 10.5 Å². The van der Waals surface area contributed by atoms with Crippen molar-refractivity contribution in [1.82, 2.24) is 4.90 Å². The molecule has 3 fully saturated rings. The minimum atomic E-state index is -0.328. The van der Waals surface area contributed by atoms with Crippen LogP contribution in [0.5, 0.6) is 0 Å². The molecule has 3 aliphatic rings. The number of piperidine rings is 2. The third-order valence-electron chi connectivity index (χ3n) is 7.69. The van der Waals surface area contributed by atoms with Crippen molar-refractivity contribution in [2.45, 2.75) is 95.1 Å². The average molecular weight is 425 g/mol. The van der Waals surface area contributed by atoms with E-state index in [9.17, 15) is 4.79 Å². The second-order valence-corrected chi connectivity index (χ2v) is 9.81. The number of benzene rings is 1. The molecule has 1 N–H and O–H groups in total. The smallest absolute Gasteiger partial charge is 0.411 e. The number of hydrogen-bond donors (Lipinski definition) is 1. The molecule has 2 saturated heterocycles. The molecule has 1 amide bonds. The molecule has 0 radical (unpaired) electrons. The topological polar surface area (TPSA) is 54.7 Å². The van der Waals surface area contributed by atoms with Crippen molar-refractivity contribution >= 4 is 22.7 Å². The van der Waals surface area contributed by atoms with Gasteiger partial charge in [-0.1, -0.05) is 25.7 Å². The van der Waals surface area contributed by atoms with Crippen LogP contribution in [0.25, 0.3) is 11.0 Å². The normalized spacial score (nSPS) is 26.1. The molecule has 2 atom stereocenters. The van der Waals surface area contributed by atoms with Gasteiger partial charge in [-0.2, -0.15) is 0 Å². The first kappa shape index (κ1) is 20.9. The lowest BCUT2D eigenvalue weighted by Crippen LogP contribution is -2.44. The number of carbonyl (C=O) groups is 1. The van der Waals surface area contributed by atoms with Crippen LogP contribution in [0.3, 0.4) is 0 Å². The molecule has 1 aromatic heterocycles. The molecular weight excluding hydrogens is 388 g/mol. The third-order valence-corrected chi connectivity index (χ3v) is 7.69. The van der Waals surface area contributed by atoms with Crippen molar-refractivity contribution in [3.8, 4) is 0 Å². The Labute approximate surface area is 185 Å². The van der Waals surface area contributed by atoms with Gasteiger partial charge in [-0.3, -0.25) is 5.32 Å². The number of fused-ring (bicyclic) bond motifs is 2. The van der Waals surface area contributed by atoms with Crippen LogP contribution < -0.4 is 5.32 Å². The predicted molar refractivity (Wildman–Crippen MR) is 124 cm³/mol. The number of amides is 1. The molecule has 2 aromatic rings. The molecule has 3 heterocycles. The molecule has 5 nitrogen and oxygen atoms in total. The van der Waals surface area contributed by atoms with E-state index >= 15 is 0 Å². The summed E-state index contributed by atoms with van der Waals surface area (Å²) < 4.78 is 11.6. The summed E-state index contributed by atoms with van der Waals surface area (Å²) in [7, 11) is 0. The van der Waals surface area contributed by atoms with Crippen molar-refractivity contribution in [1.29, 1.82) is 0 Å². The summed E-state index contributed by atoms with van der Waals surface area (Å²) >= 11 is 0. The van der Waals surface area contributed by atoms with Crippen LogP contribution in [0.15, 0.2) is 28.9 Å². The van der Waals surface area contributed by atoms with Crippen LogP contribution in [-0.2, 0) is 4.74 Å². The Morgan fingerprint density at radius 3 is 2.65 bits per heavy atom. The monoisotopic (exact) mass is 424 g/mol. The van der Waals surface area contributed by atoms with E-state index in [0.717, 1.165) is 48.4 Å². The number of carbonyl (C=O) groups excluding carboxylic acids is 1. The molecule has 1 aromatic carbocycles. The lowest BCUT2D eigenvalue weighted by molar-refractivity contribution is 0.0933. The predicted octanol–water partition coefficient (Wildman–Crippen LogP) is 6.83. The number of rotatable bonds is 3. The molecule has 1 aliphatic carbocycles. The first-order valence-electron chi connectivity index (χ1n) is 12.5. The second kappa shape index (κ2) is 9.64. The fourth-order valence-corrected chi connectivity index (χ4v) is 5.95. The van der Waals surface area contributed by atoms with E-state index in [-0.39, 0.29) is 12.2 Å². The maximum Gasteiger partial charge on any atom is 0.411 e. The van der Waals surface area contributed by atoms with Crippen LogP contribution in [0.1, 0.15) is 88.5 Å². The highest BCUT2D eigenvalue weighted by atomic mass is 16.6. The molecule has 0 bridgehead atoms. The molecular formula is C26H36N2O3. The van der Waals surface area contributed by atoms with Gasteiger partial charge in [0.1, 0.15) is 11.7 Å². The zero-order valence-corrected chi connectivity index (χ0v) is 18.6. The van der Waals surface area contributed by atoms with E-state index < -0.39 is 0 Å². The molecule has 0 spiro atoms. The van der Waals surface area contributed by atoms with E-state index in [1.54, 1.807) is 0 Å². The Balaban J connectivity index is 1.26. The largest absolute Gasteiger partial charge is 0.464 e. The van der Waals surface area contributed by atoms with Gasteiger partial charge in [0.25, 0.3) is 0 Å². The molecule has 2 unspecified atom stereocenters. The number of anilines is 1. The highest BCUT2D eigenvalue weighted by Gasteiger charge is 2.32. The van der Waals surface area contributed by atoms with E-state index in [1.165, 1.54) is 70.0 Å². The van der Waals surface area contributed by atoms with E-state index in [1.807, 2.05) is 18.4 Å². The highest BCUT2D eigenvalue weighted by molar-refractivity contribution is 5.91. The molecule has 5 rings (SSSR count). The number of ether oxygens (including phenoxy) is 1. The van der Waals surface area contributed by atoms with Crippen LogP contribution >= 0.6 is 0 Å². The van der Waals surface area contributed by atoms with Gasteiger partial charge in [-0.15, -0.1) is 0 Å². The number of nitrogens with one attached hydrogen (secondary N) is 1. The Hall–Kier alpha value is -2.01. The van der Waals surface area contributed by atoms with Crippen molar-refractivity contribution < 1.29 is 13.9 Å². The molecule has 5 heteroatoms. The minimum Gasteiger partial charge on any atom is -0.464 e. The molecule has 1 saturated carbocycles. The fraction of sp³-hybridized carbons (Fsp3) is 0.654. The van der Waals surface area contributed by atoms with Gasteiger partial charge in [-0.25, -0.2) is 4.79 Å². The standard InChI is InChI=1S/C26H36N2O3/c29-26(31-22-9-4-2-1-3-5-10-22)27-20-11-12-25-23(17-20)24(18-30-25)19-13-15-28-14-7-6-8-21(28)16-19/h11-12,17-19,21-22H,1-10,13-16H2,(H,27,29). The SMILES string of the molecule is O=C(Nc1ccc2occ(C3CCN4CCCCC4C3)c2c1)OC1CCCCCCC1. The van der Waals surface area contributed by atoms with Gasteiger partial charge in [0.2, 0.25) is 0 Å². The summed E-state index contributed by atoms with van der Waals surface area (Å²) in [6.07, 6.45) is 16.2. The van der Waals surface area contributed by atoms with E-state index in [2.05, 4.69) is 16.3 Å². The maximum absolute atomic E-state index is 12.5.